The smallest absolute Gasteiger partial charge is 0.196 e. The molecule has 0 saturated carbocycles. The zero-order chi connectivity index (χ0) is 11.1. The lowest BCUT2D eigenvalue weighted by molar-refractivity contribution is 0.666. The first-order valence-electron chi connectivity index (χ1n) is 5.13. The Morgan fingerprint density at radius 1 is 1.18 bits per heavy atom. The van der Waals surface area contributed by atoms with E-state index >= 15 is 0 Å². The van der Waals surface area contributed by atoms with Crippen molar-refractivity contribution < 1.29 is 4.42 Å². The number of nitrogens with one attached hydrogen (secondary N) is 1. The zero-order valence-corrected chi connectivity index (χ0v) is 10.3. The predicted molar refractivity (Wildman–Crippen MR) is 70.8 cm³/mol. The van der Waals surface area contributed by atoms with Gasteiger partial charge in [-0.25, -0.2) is 9.97 Å². The molecule has 0 unspecified atom stereocenters. The van der Waals surface area contributed by atoms with Gasteiger partial charge in [0, 0.05) is 12.4 Å². The molecule has 0 saturated heterocycles. The average molecular weight is 250 g/mol. The average Bonchev–Trinajstić information content (AvgIpc) is 2.67. The molecule has 0 aliphatic carbocycles. The fraction of sp³-hybridized carbons (Fsp3) is 0.167. The summed E-state index contributed by atoms with van der Waals surface area (Å²) in [7, 11) is 1.83. The number of fused-ring (bicyclic) bond motifs is 3. The zero-order valence-electron chi connectivity index (χ0n) is 9.52. The van der Waals surface area contributed by atoms with E-state index in [1.165, 1.54) is 0 Å². The molecule has 0 spiro atoms. The van der Waals surface area contributed by atoms with Crippen LogP contribution in [0.15, 0.2) is 28.7 Å². The molecular weight excluding hydrogens is 238 g/mol. The molecule has 0 bridgehead atoms. The molecule has 3 rings (SSSR count). The molecule has 4 nitrogen and oxygen atoms in total. The van der Waals surface area contributed by atoms with Gasteiger partial charge in [-0.05, 0) is 19.1 Å². The van der Waals surface area contributed by atoms with Gasteiger partial charge in [-0.3, -0.25) is 0 Å². The van der Waals surface area contributed by atoms with Crippen LogP contribution in [-0.4, -0.2) is 17.0 Å². The van der Waals surface area contributed by atoms with Crippen molar-refractivity contribution in [3.05, 3.63) is 30.1 Å². The van der Waals surface area contributed by atoms with E-state index in [1.54, 1.807) is 0 Å². The summed E-state index contributed by atoms with van der Waals surface area (Å²) in [5, 5.41) is 4.05. The van der Waals surface area contributed by atoms with E-state index in [0.29, 0.717) is 5.58 Å². The molecule has 0 atom stereocenters. The third-order valence-corrected chi connectivity index (χ3v) is 2.57. The van der Waals surface area contributed by atoms with Crippen molar-refractivity contribution in [1.29, 1.82) is 0 Å². The third-order valence-electron chi connectivity index (χ3n) is 2.57. The second-order valence-electron chi connectivity index (χ2n) is 3.65. The number of hydrogen-bond acceptors (Lipinski definition) is 4. The van der Waals surface area contributed by atoms with Crippen LogP contribution in [0.1, 0.15) is 5.82 Å². The topological polar surface area (TPSA) is 51.0 Å². The highest BCUT2D eigenvalue weighted by Crippen LogP contribution is 2.30. The number of hydrogen-bond donors (Lipinski definition) is 1. The van der Waals surface area contributed by atoms with Crippen molar-refractivity contribution in [2.24, 2.45) is 0 Å². The maximum atomic E-state index is 5.74. The number of rotatable bonds is 1. The quantitative estimate of drug-likeness (QED) is 0.720. The first kappa shape index (κ1) is 11.7. The largest absolute Gasteiger partial charge is 0.450 e. The summed E-state index contributed by atoms with van der Waals surface area (Å²) in [5.41, 5.74) is 2.43. The molecule has 0 fully saturated rings. The van der Waals surface area contributed by atoms with Gasteiger partial charge in [-0.2, -0.15) is 0 Å². The van der Waals surface area contributed by atoms with Crippen LogP contribution in [-0.2, 0) is 0 Å². The number of furan rings is 1. The molecule has 2 aromatic heterocycles. The number of para-hydroxylation sites is 1. The van der Waals surface area contributed by atoms with Gasteiger partial charge in [-0.1, -0.05) is 12.1 Å². The highest BCUT2D eigenvalue weighted by Gasteiger charge is 2.12. The third kappa shape index (κ3) is 1.70. The maximum absolute atomic E-state index is 5.74. The minimum Gasteiger partial charge on any atom is -0.450 e. The van der Waals surface area contributed by atoms with Crippen molar-refractivity contribution in [3.63, 3.8) is 0 Å². The summed E-state index contributed by atoms with van der Waals surface area (Å²) < 4.78 is 5.74. The number of benzene rings is 1. The molecule has 2 heterocycles. The Hall–Kier alpha value is -1.81. The molecule has 0 amide bonds. The fourth-order valence-corrected chi connectivity index (χ4v) is 1.87. The van der Waals surface area contributed by atoms with Crippen LogP contribution in [0.25, 0.3) is 22.1 Å². The minimum atomic E-state index is 0. The number of anilines is 1. The highest BCUT2D eigenvalue weighted by molar-refractivity contribution is 6.05. The Bertz CT molecular complexity index is 678. The van der Waals surface area contributed by atoms with Gasteiger partial charge in [-0.15, -0.1) is 12.4 Å². The van der Waals surface area contributed by atoms with Crippen LogP contribution in [0.3, 0.4) is 0 Å². The van der Waals surface area contributed by atoms with E-state index in [1.807, 2.05) is 38.2 Å². The van der Waals surface area contributed by atoms with Gasteiger partial charge < -0.3 is 9.73 Å². The van der Waals surface area contributed by atoms with Crippen LogP contribution in [0, 0.1) is 6.92 Å². The first-order valence-corrected chi connectivity index (χ1v) is 5.13. The summed E-state index contributed by atoms with van der Waals surface area (Å²) in [5.74, 6) is 1.47. The van der Waals surface area contributed by atoms with E-state index in [4.69, 9.17) is 4.42 Å². The molecule has 17 heavy (non-hydrogen) atoms. The van der Waals surface area contributed by atoms with Gasteiger partial charge in [0.2, 0.25) is 0 Å². The van der Waals surface area contributed by atoms with Crippen LogP contribution in [0.5, 0.6) is 0 Å². The SMILES string of the molecule is CNc1nc(C)nc2c1oc1ccccc12.Cl. The van der Waals surface area contributed by atoms with Gasteiger partial charge >= 0.3 is 0 Å². The Morgan fingerprint density at radius 3 is 2.71 bits per heavy atom. The summed E-state index contributed by atoms with van der Waals surface area (Å²) >= 11 is 0. The van der Waals surface area contributed by atoms with E-state index in [9.17, 15) is 0 Å². The normalized spacial score (nSPS) is 10.5. The lowest BCUT2D eigenvalue weighted by Gasteiger charge is -2.00. The Labute approximate surface area is 104 Å². The summed E-state index contributed by atoms with van der Waals surface area (Å²) in [4.78, 5) is 8.73. The molecule has 0 aliphatic rings. The maximum Gasteiger partial charge on any atom is 0.196 e. The lowest BCUT2D eigenvalue weighted by atomic mass is 10.2. The molecule has 5 heteroatoms. The molecule has 0 aliphatic heterocycles. The molecule has 0 radical (unpaired) electrons. The molecule has 3 aromatic rings. The highest BCUT2D eigenvalue weighted by atomic mass is 35.5. The number of nitrogens with zero attached hydrogens (tertiary/aromatic N) is 2. The summed E-state index contributed by atoms with van der Waals surface area (Å²) in [6, 6.07) is 7.87. The van der Waals surface area contributed by atoms with E-state index < -0.39 is 0 Å². The molecule has 1 aromatic carbocycles. The van der Waals surface area contributed by atoms with Crippen LogP contribution in [0.4, 0.5) is 5.82 Å². The van der Waals surface area contributed by atoms with Crippen molar-refractivity contribution in [3.8, 4) is 0 Å². The molecule has 88 valence electrons. The van der Waals surface area contributed by atoms with Crippen LogP contribution < -0.4 is 5.32 Å². The summed E-state index contributed by atoms with van der Waals surface area (Å²) in [6.45, 7) is 1.88. The number of halogens is 1. The second-order valence-corrected chi connectivity index (χ2v) is 3.65. The molecule has 1 N–H and O–H groups in total. The number of aryl methyl sites for hydroxylation is 1. The van der Waals surface area contributed by atoms with Crippen molar-refractivity contribution in [2.45, 2.75) is 6.92 Å². The van der Waals surface area contributed by atoms with Crippen molar-refractivity contribution in [1.82, 2.24) is 9.97 Å². The second kappa shape index (κ2) is 4.22. The van der Waals surface area contributed by atoms with Gasteiger partial charge in [0.15, 0.2) is 11.4 Å². The standard InChI is InChI=1S/C12H11N3O.ClH/c1-7-14-10-8-5-3-4-6-9(8)16-11(10)12(13-2)15-7;/h3-6H,1-2H3,(H,13,14,15);1H. The van der Waals surface area contributed by atoms with Gasteiger partial charge in [0.25, 0.3) is 0 Å². The Kier molecular flexibility index (Phi) is 2.90. The van der Waals surface area contributed by atoms with Gasteiger partial charge in [0.05, 0.1) is 0 Å². The first-order chi connectivity index (χ1) is 7.79. The van der Waals surface area contributed by atoms with Crippen LogP contribution >= 0.6 is 12.4 Å². The minimum absolute atomic E-state index is 0. The Balaban J connectivity index is 0.00000108. The molecular formula is C12H12ClN3O. The van der Waals surface area contributed by atoms with Crippen molar-refractivity contribution in [2.75, 3.05) is 12.4 Å². The fourth-order valence-electron chi connectivity index (χ4n) is 1.87. The van der Waals surface area contributed by atoms with E-state index in [2.05, 4.69) is 15.3 Å². The monoisotopic (exact) mass is 249 g/mol. The predicted octanol–water partition coefficient (Wildman–Crippen LogP) is 3.15. The summed E-state index contributed by atoms with van der Waals surface area (Å²) in [6.07, 6.45) is 0. The number of aromatic nitrogens is 2. The van der Waals surface area contributed by atoms with Crippen LogP contribution in [0.2, 0.25) is 0 Å². The van der Waals surface area contributed by atoms with Gasteiger partial charge in [0.1, 0.15) is 16.9 Å². The lowest BCUT2D eigenvalue weighted by Crippen LogP contribution is -1.96. The Morgan fingerprint density at radius 2 is 1.94 bits per heavy atom. The van der Waals surface area contributed by atoms with Crippen molar-refractivity contribution >= 4 is 40.3 Å². The van der Waals surface area contributed by atoms with E-state index in [0.717, 1.165) is 28.1 Å². The van der Waals surface area contributed by atoms with E-state index in [-0.39, 0.29) is 12.4 Å².